The molecule has 1 fully saturated rings. The number of carbonyl (C=O) groups is 3. The van der Waals surface area contributed by atoms with Crippen molar-refractivity contribution in [2.24, 2.45) is 0 Å². The first-order valence-electron chi connectivity index (χ1n) is 9.79. The molecule has 9 heteroatoms. The highest BCUT2D eigenvalue weighted by Gasteiger charge is 2.28. The van der Waals surface area contributed by atoms with Crippen molar-refractivity contribution in [2.45, 2.75) is 38.3 Å². The van der Waals surface area contributed by atoms with Gasteiger partial charge in [-0.2, -0.15) is 0 Å². The summed E-state index contributed by atoms with van der Waals surface area (Å²) >= 11 is 0. The summed E-state index contributed by atoms with van der Waals surface area (Å²) in [5.74, 6) is -1.24. The Morgan fingerprint density at radius 3 is 2.63 bits per heavy atom. The molecule has 1 aromatic carbocycles. The molecule has 1 unspecified atom stereocenters. The van der Waals surface area contributed by atoms with Crippen LogP contribution < -0.4 is 10.6 Å². The van der Waals surface area contributed by atoms with Gasteiger partial charge in [-0.25, -0.2) is 9.37 Å². The molecule has 2 N–H and O–H groups in total. The zero-order valence-corrected chi connectivity index (χ0v) is 16.7. The lowest BCUT2D eigenvalue weighted by Crippen LogP contribution is -2.53. The number of rotatable bonds is 6. The van der Waals surface area contributed by atoms with E-state index >= 15 is 0 Å². The number of benzene rings is 1. The highest BCUT2D eigenvalue weighted by molar-refractivity contribution is 5.92. The van der Waals surface area contributed by atoms with Crippen LogP contribution in [0.5, 0.6) is 0 Å². The zero-order valence-electron chi connectivity index (χ0n) is 16.7. The Kier molecular flexibility index (Phi) is 7.05. The fourth-order valence-electron chi connectivity index (χ4n) is 3.45. The molecule has 1 atom stereocenters. The Balaban J connectivity index is 1.56. The molecular formula is C21H24FN5O3. The number of aromatic nitrogens is 2. The number of hydrogen-bond acceptors (Lipinski definition) is 5. The van der Waals surface area contributed by atoms with Crippen LogP contribution in [0.2, 0.25) is 0 Å². The minimum absolute atomic E-state index is 0.118. The molecule has 8 nitrogen and oxygen atoms in total. The summed E-state index contributed by atoms with van der Waals surface area (Å²) in [7, 11) is 0. The molecule has 1 aliphatic rings. The van der Waals surface area contributed by atoms with Crippen molar-refractivity contribution in [1.29, 1.82) is 0 Å². The van der Waals surface area contributed by atoms with Gasteiger partial charge >= 0.3 is 0 Å². The summed E-state index contributed by atoms with van der Waals surface area (Å²) in [4.78, 5) is 46.4. The smallest absolute Gasteiger partial charge is 0.274 e. The summed E-state index contributed by atoms with van der Waals surface area (Å²) in [5, 5.41) is 5.58. The number of halogens is 1. The molecule has 158 valence electrons. The maximum Gasteiger partial charge on any atom is 0.274 e. The molecule has 30 heavy (non-hydrogen) atoms. The molecule has 2 heterocycles. The van der Waals surface area contributed by atoms with Gasteiger partial charge in [0.1, 0.15) is 17.6 Å². The van der Waals surface area contributed by atoms with Crippen LogP contribution in [0, 0.1) is 5.82 Å². The van der Waals surface area contributed by atoms with E-state index in [9.17, 15) is 18.8 Å². The maximum absolute atomic E-state index is 13.5. The molecule has 0 saturated carbocycles. The van der Waals surface area contributed by atoms with Gasteiger partial charge in [0.05, 0.1) is 6.20 Å². The van der Waals surface area contributed by atoms with Crippen LogP contribution in [0.3, 0.4) is 0 Å². The number of hydrogen-bond donors (Lipinski definition) is 2. The van der Waals surface area contributed by atoms with E-state index in [2.05, 4.69) is 20.6 Å². The topological polar surface area (TPSA) is 104 Å². The van der Waals surface area contributed by atoms with Gasteiger partial charge in [0.25, 0.3) is 5.91 Å². The molecule has 0 radical (unpaired) electrons. The normalized spacial score (nSPS) is 15.3. The Morgan fingerprint density at radius 2 is 2.00 bits per heavy atom. The van der Waals surface area contributed by atoms with Crippen molar-refractivity contribution in [2.75, 3.05) is 13.1 Å². The third kappa shape index (κ3) is 5.82. The first kappa shape index (κ1) is 21.4. The molecule has 3 rings (SSSR count). The number of nitrogens with one attached hydrogen (secondary N) is 2. The van der Waals surface area contributed by atoms with E-state index in [-0.39, 0.29) is 30.2 Å². The standard InChI is InChI=1S/C21H24FN5O3/c1-14(28)25-18(12-15-3-2-4-16(22)11-15)20(29)26-17-5-9-27(10-6-17)21(30)19-13-23-7-8-24-19/h2-4,7-8,11,13,17-18H,5-6,9-10,12H2,1H3,(H,25,28)(H,26,29). The van der Waals surface area contributed by atoms with E-state index in [1.165, 1.54) is 37.6 Å². The second-order valence-corrected chi connectivity index (χ2v) is 7.25. The minimum Gasteiger partial charge on any atom is -0.351 e. The maximum atomic E-state index is 13.5. The van der Waals surface area contributed by atoms with E-state index in [1.54, 1.807) is 17.0 Å². The molecule has 1 saturated heterocycles. The SMILES string of the molecule is CC(=O)NC(Cc1cccc(F)c1)C(=O)NC1CCN(C(=O)c2cnccn2)CC1. The van der Waals surface area contributed by atoms with Crippen molar-refractivity contribution < 1.29 is 18.8 Å². The lowest BCUT2D eigenvalue weighted by atomic mass is 10.0. The van der Waals surface area contributed by atoms with E-state index in [4.69, 9.17) is 0 Å². The van der Waals surface area contributed by atoms with Crippen LogP contribution in [0.1, 0.15) is 35.8 Å². The van der Waals surface area contributed by atoms with Gasteiger partial charge in [0.2, 0.25) is 11.8 Å². The van der Waals surface area contributed by atoms with Crippen molar-refractivity contribution in [3.05, 3.63) is 59.9 Å². The summed E-state index contributed by atoms with van der Waals surface area (Å²) in [5.41, 5.74) is 0.911. The molecule has 0 bridgehead atoms. The van der Waals surface area contributed by atoms with Crippen LogP contribution in [-0.2, 0) is 16.0 Å². The number of likely N-dealkylation sites (tertiary alicyclic amines) is 1. The van der Waals surface area contributed by atoms with Crippen molar-refractivity contribution in [1.82, 2.24) is 25.5 Å². The van der Waals surface area contributed by atoms with Crippen molar-refractivity contribution >= 4 is 17.7 Å². The monoisotopic (exact) mass is 413 g/mol. The summed E-state index contributed by atoms with van der Waals surface area (Å²) in [6.45, 7) is 2.30. The van der Waals surface area contributed by atoms with Crippen molar-refractivity contribution in [3.8, 4) is 0 Å². The van der Waals surface area contributed by atoms with Gasteiger partial charge < -0.3 is 15.5 Å². The molecule has 2 aromatic rings. The number of amides is 3. The molecule has 0 spiro atoms. The largest absolute Gasteiger partial charge is 0.351 e. The zero-order chi connectivity index (χ0) is 21.5. The second kappa shape index (κ2) is 9.91. The van der Waals surface area contributed by atoms with Crippen molar-refractivity contribution in [3.63, 3.8) is 0 Å². The lowest BCUT2D eigenvalue weighted by molar-refractivity contribution is -0.128. The number of carbonyl (C=O) groups excluding carboxylic acids is 3. The summed E-state index contributed by atoms with van der Waals surface area (Å²) in [6.07, 6.45) is 5.78. The van der Waals surface area contributed by atoms with Gasteiger partial charge in [-0.15, -0.1) is 0 Å². The van der Waals surface area contributed by atoms with Crippen LogP contribution >= 0.6 is 0 Å². The molecular weight excluding hydrogens is 389 g/mol. The second-order valence-electron chi connectivity index (χ2n) is 7.25. The first-order valence-corrected chi connectivity index (χ1v) is 9.79. The Labute approximate surface area is 173 Å². The fourth-order valence-corrected chi connectivity index (χ4v) is 3.45. The van der Waals surface area contributed by atoms with Gasteiger partial charge in [0.15, 0.2) is 0 Å². The Hall–Kier alpha value is -3.36. The Morgan fingerprint density at radius 1 is 1.23 bits per heavy atom. The third-order valence-corrected chi connectivity index (χ3v) is 4.93. The highest BCUT2D eigenvalue weighted by Crippen LogP contribution is 2.14. The summed E-state index contributed by atoms with van der Waals surface area (Å²) < 4.78 is 13.5. The molecule has 1 aliphatic heterocycles. The van der Waals surface area contributed by atoms with Crippen LogP contribution in [-0.4, -0.2) is 57.8 Å². The van der Waals surface area contributed by atoms with Crippen LogP contribution in [0.15, 0.2) is 42.9 Å². The number of nitrogens with zero attached hydrogens (tertiary/aromatic N) is 3. The third-order valence-electron chi connectivity index (χ3n) is 4.93. The van der Waals surface area contributed by atoms with E-state index in [0.29, 0.717) is 37.2 Å². The average Bonchev–Trinajstić information content (AvgIpc) is 2.73. The van der Waals surface area contributed by atoms with Gasteiger partial charge in [-0.3, -0.25) is 19.4 Å². The predicted octanol–water partition coefficient (Wildman–Crippen LogP) is 1.08. The van der Waals surface area contributed by atoms with Crippen LogP contribution in [0.25, 0.3) is 0 Å². The lowest BCUT2D eigenvalue weighted by Gasteiger charge is -2.33. The quantitative estimate of drug-likeness (QED) is 0.738. The Bertz CT molecular complexity index is 901. The summed E-state index contributed by atoms with van der Waals surface area (Å²) in [6, 6.07) is 5.03. The highest BCUT2D eigenvalue weighted by atomic mass is 19.1. The van der Waals surface area contributed by atoms with E-state index in [0.717, 1.165) is 0 Å². The van der Waals surface area contributed by atoms with Crippen LogP contribution in [0.4, 0.5) is 4.39 Å². The van der Waals surface area contributed by atoms with E-state index in [1.807, 2.05) is 0 Å². The first-order chi connectivity index (χ1) is 14.4. The van der Waals surface area contributed by atoms with Gasteiger partial charge in [0, 0.05) is 44.9 Å². The van der Waals surface area contributed by atoms with E-state index < -0.39 is 11.9 Å². The average molecular weight is 413 g/mol. The minimum atomic E-state index is -0.802. The van der Waals surface area contributed by atoms with Gasteiger partial charge in [-0.05, 0) is 30.5 Å². The number of piperidine rings is 1. The molecule has 3 amide bonds. The molecule has 1 aromatic heterocycles. The fraction of sp³-hybridized carbons (Fsp3) is 0.381. The molecule has 0 aliphatic carbocycles. The predicted molar refractivity (Wildman–Crippen MR) is 107 cm³/mol. The van der Waals surface area contributed by atoms with Gasteiger partial charge in [-0.1, -0.05) is 12.1 Å².